The van der Waals surface area contributed by atoms with Crippen LogP contribution in [0, 0.1) is 5.92 Å². The summed E-state index contributed by atoms with van der Waals surface area (Å²) in [5.41, 5.74) is 0. The fourth-order valence-electron chi connectivity index (χ4n) is 4.73. The molecular weight excluding hydrogens is 362 g/mol. The van der Waals surface area contributed by atoms with Crippen LogP contribution < -0.4 is 0 Å². The fraction of sp³-hybridized carbons (Fsp3) is 1.00. The molecule has 0 radical (unpaired) electrons. The van der Waals surface area contributed by atoms with Crippen LogP contribution in [-0.2, 0) is 0 Å². The molecular formula is C29H61N. The van der Waals surface area contributed by atoms with Gasteiger partial charge in [0.2, 0.25) is 0 Å². The Morgan fingerprint density at radius 3 is 1.17 bits per heavy atom. The first-order valence-corrected chi connectivity index (χ1v) is 14.5. The molecule has 1 atom stereocenters. The number of rotatable bonds is 25. The predicted molar refractivity (Wildman–Crippen MR) is 140 cm³/mol. The van der Waals surface area contributed by atoms with Gasteiger partial charge in [-0.3, -0.25) is 0 Å². The number of nitrogens with zero attached hydrogens (tertiary/aromatic N) is 1. The lowest BCUT2D eigenvalue weighted by molar-refractivity contribution is 0.258. The van der Waals surface area contributed by atoms with Crippen LogP contribution in [0.1, 0.15) is 163 Å². The Bertz CT molecular complexity index is 293. The molecule has 0 aliphatic carbocycles. The molecule has 0 heterocycles. The van der Waals surface area contributed by atoms with E-state index in [0.717, 1.165) is 5.92 Å². The Kier molecular flexibility index (Phi) is 25.2. The molecule has 0 rings (SSSR count). The van der Waals surface area contributed by atoms with Crippen LogP contribution in [-0.4, -0.2) is 24.5 Å². The average molecular weight is 424 g/mol. The first kappa shape index (κ1) is 30.0. The zero-order valence-corrected chi connectivity index (χ0v) is 22.0. The summed E-state index contributed by atoms with van der Waals surface area (Å²) < 4.78 is 0. The van der Waals surface area contributed by atoms with Gasteiger partial charge in [0.25, 0.3) is 0 Å². The quantitative estimate of drug-likeness (QED) is 0.132. The van der Waals surface area contributed by atoms with E-state index < -0.39 is 0 Å². The van der Waals surface area contributed by atoms with Gasteiger partial charge in [0, 0.05) is 0 Å². The highest BCUT2D eigenvalue weighted by Crippen LogP contribution is 2.24. The van der Waals surface area contributed by atoms with E-state index in [2.05, 4.69) is 32.6 Å². The molecule has 0 aliphatic heterocycles. The van der Waals surface area contributed by atoms with E-state index in [1.165, 1.54) is 154 Å². The molecule has 0 amide bonds. The van der Waals surface area contributed by atoms with Gasteiger partial charge in [0.1, 0.15) is 0 Å². The Labute approximate surface area is 193 Å². The van der Waals surface area contributed by atoms with Crippen molar-refractivity contribution in [3.8, 4) is 0 Å². The second-order valence-electron chi connectivity index (χ2n) is 10.0. The molecule has 1 heteroatoms. The molecule has 1 nitrogen and oxygen atoms in total. The van der Waals surface area contributed by atoms with Crippen LogP contribution in [0.2, 0.25) is 0 Å². The summed E-state index contributed by atoms with van der Waals surface area (Å²) in [6.45, 7) is 13.3. The molecule has 182 valence electrons. The van der Waals surface area contributed by atoms with E-state index in [1.807, 2.05) is 0 Å². The third-order valence-corrected chi connectivity index (χ3v) is 6.92. The zero-order chi connectivity index (χ0) is 22.1. The molecule has 0 bridgehead atoms. The first-order valence-electron chi connectivity index (χ1n) is 14.5. The maximum atomic E-state index is 2.74. The minimum Gasteiger partial charge on any atom is -0.303 e. The molecule has 0 aromatic heterocycles. The van der Waals surface area contributed by atoms with E-state index in [4.69, 9.17) is 0 Å². The van der Waals surface area contributed by atoms with Crippen LogP contribution in [0.5, 0.6) is 0 Å². The van der Waals surface area contributed by atoms with Gasteiger partial charge < -0.3 is 4.90 Å². The maximum Gasteiger partial charge on any atom is -0.00187 e. The Hall–Kier alpha value is -0.0400. The lowest BCUT2D eigenvalue weighted by Gasteiger charge is -2.22. The fourth-order valence-corrected chi connectivity index (χ4v) is 4.73. The molecule has 0 aromatic rings. The molecule has 0 aliphatic rings. The summed E-state index contributed by atoms with van der Waals surface area (Å²) in [5.74, 6) is 1.03. The first-order chi connectivity index (χ1) is 14.8. The van der Waals surface area contributed by atoms with Crippen molar-refractivity contribution in [3.63, 3.8) is 0 Å². The van der Waals surface area contributed by atoms with Crippen molar-refractivity contribution in [2.45, 2.75) is 163 Å². The smallest absolute Gasteiger partial charge is 0.00187 e. The van der Waals surface area contributed by atoms with Crippen molar-refractivity contribution in [3.05, 3.63) is 0 Å². The number of hydrogen-bond acceptors (Lipinski definition) is 1. The third kappa shape index (κ3) is 21.2. The molecule has 0 saturated carbocycles. The summed E-state index contributed by atoms with van der Waals surface area (Å²) in [5, 5.41) is 0. The third-order valence-electron chi connectivity index (χ3n) is 6.92. The van der Waals surface area contributed by atoms with E-state index in [1.54, 1.807) is 0 Å². The van der Waals surface area contributed by atoms with Crippen LogP contribution >= 0.6 is 0 Å². The van der Waals surface area contributed by atoms with Gasteiger partial charge in [-0.25, -0.2) is 0 Å². The second kappa shape index (κ2) is 25.2. The molecule has 1 unspecified atom stereocenters. The highest BCUT2D eigenvalue weighted by molar-refractivity contribution is 4.63. The molecule has 0 aromatic carbocycles. The molecule has 0 N–H and O–H groups in total. The van der Waals surface area contributed by atoms with Crippen molar-refractivity contribution >= 4 is 0 Å². The number of unbranched alkanes of at least 4 members (excludes halogenated alkanes) is 13. The van der Waals surface area contributed by atoms with E-state index >= 15 is 0 Å². The summed E-state index contributed by atoms with van der Waals surface area (Å²) in [6, 6.07) is 0. The topological polar surface area (TPSA) is 3.24 Å². The van der Waals surface area contributed by atoms with Gasteiger partial charge >= 0.3 is 0 Å². The van der Waals surface area contributed by atoms with Gasteiger partial charge in [0.05, 0.1) is 0 Å². The van der Waals surface area contributed by atoms with Crippen molar-refractivity contribution in [1.82, 2.24) is 4.90 Å². The second-order valence-corrected chi connectivity index (χ2v) is 10.0. The molecule has 0 spiro atoms. The maximum absolute atomic E-state index is 2.74. The van der Waals surface area contributed by atoms with Crippen LogP contribution in [0.25, 0.3) is 0 Å². The van der Waals surface area contributed by atoms with Crippen molar-refractivity contribution in [1.29, 1.82) is 0 Å². The predicted octanol–water partition coefficient (Wildman–Crippen LogP) is 10.2. The van der Waals surface area contributed by atoms with E-state index in [9.17, 15) is 0 Å². The van der Waals surface area contributed by atoms with Crippen molar-refractivity contribution in [2.24, 2.45) is 5.92 Å². The Balaban J connectivity index is 3.95. The lowest BCUT2D eigenvalue weighted by Crippen LogP contribution is -2.27. The van der Waals surface area contributed by atoms with Crippen LogP contribution in [0.4, 0.5) is 0 Å². The van der Waals surface area contributed by atoms with Gasteiger partial charge in [-0.15, -0.1) is 0 Å². The number of hydrogen-bond donors (Lipinski definition) is 0. The average Bonchev–Trinajstić information content (AvgIpc) is 2.76. The van der Waals surface area contributed by atoms with Gasteiger partial charge in [0.15, 0.2) is 0 Å². The highest BCUT2D eigenvalue weighted by Gasteiger charge is 2.09. The summed E-state index contributed by atoms with van der Waals surface area (Å²) >= 11 is 0. The highest BCUT2D eigenvalue weighted by atomic mass is 15.1. The molecule has 0 saturated heterocycles. The summed E-state index contributed by atoms with van der Waals surface area (Å²) in [4.78, 5) is 2.74. The van der Waals surface area contributed by atoms with Gasteiger partial charge in [-0.1, -0.05) is 143 Å². The normalized spacial score (nSPS) is 12.7. The minimum atomic E-state index is 1.03. The van der Waals surface area contributed by atoms with E-state index in [0.29, 0.717) is 0 Å². The Morgan fingerprint density at radius 2 is 0.700 bits per heavy atom. The van der Waals surface area contributed by atoms with Crippen molar-refractivity contribution in [2.75, 3.05) is 19.6 Å². The SMILES string of the molecule is CCCCCCCCC(CCCCCC)CCCCCCN(CCCC)CCCC. The van der Waals surface area contributed by atoms with Gasteiger partial charge in [-0.05, 0) is 44.8 Å². The molecule has 30 heavy (non-hydrogen) atoms. The molecule has 0 fully saturated rings. The van der Waals surface area contributed by atoms with E-state index in [-0.39, 0.29) is 0 Å². The summed E-state index contributed by atoms with van der Waals surface area (Å²) in [7, 11) is 0. The largest absolute Gasteiger partial charge is 0.303 e. The monoisotopic (exact) mass is 423 g/mol. The summed E-state index contributed by atoms with van der Waals surface area (Å²) in [6.07, 6.45) is 30.3. The standard InChI is InChI=1S/C29H61N/c1-5-9-13-15-16-20-24-29(23-19-14-10-6-2)25-21-17-18-22-28-30(26-11-7-3)27-12-8-4/h29H,5-28H2,1-4H3. The van der Waals surface area contributed by atoms with Gasteiger partial charge in [-0.2, -0.15) is 0 Å². The van der Waals surface area contributed by atoms with Crippen LogP contribution in [0.15, 0.2) is 0 Å². The zero-order valence-electron chi connectivity index (χ0n) is 22.0. The van der Waals surface area contributed by atoms with Crippen molar-refractivity contribution < 1.29 is 0 Å². The Morgan fingerprint density at radius 1 is 0.367 bits per heavy atom. The minimum absolute atomic E-state index is 1.03. The lowest BCUT2D eigenvalue weighted by atomic mass is 9.89. The van der Waals surface area contributed by atoms with Crippen LogP contribution in [0.3, 0.4) is 0 Å².